The molecule has 0 nitrogen and oxygen atoms in total. The second-order valence-corrected chi connectivity index (χ2v) is 16.2. The summed E-state index contributed by atoms with van der Waals surface area (Å²) in [6.07, 6.45) is 0. The van der Waals surface area contributed by atoms with E-state index in [0.29, 0.717) is 0 Å². The van der Waals surface area contributed by atoms with Crippen LogP contribution in [0.3, 0.4) is 0 Å². The van der Waals surface area contributed by atoms with Gasteiger partial charge in [-0.2, -0.15) is 0 Å². The molecular formula is C32H30S4. The number of hydrogen-bond acceptors (Lipinski definition) is 4. The molecule has 36 heavy (non-hydrogen) atoms. The molecule has 0 saturated heterocycles. The van der Waals surface area contributed by atoms with Gasteiger partial charge in [0, 0.05) is 49.8 Å². The average molecular weight is 543 g/mol. The third-order valence-corrected chi connectivity index (χ3v) is 13.2. The molecule has 0 unspecified atom stereocenters. The van der Waals surface area contributed by atoms with E-state index in [2.05, 4.69) is 91.8 Å². The van der Waals surface area contributed by atoms with E-state index in [1.807, 2.05) is 45.3 Å². The van der Waals surface area contributed by atoms with Gasteiger partial charge in [0.2, 0.25) is 0 Å². The Morgan fingerprint density at radius 3 is 1.58 bits per heavy atom. The van der Waals surface area contributed by atoms with Gasteiger partial charge in [-0.3, -0.25) is 0 Å². The van der Waals surface area contributed by atoms with Crippen molar-refractivity contribution >= 4 is 45.3 Å². The normalized spacial score (nSPS) is 16.2. The monoisotopic (exact) mass is 542 g/mol. The van der Waals surface area contributed by atoms with E-state index in [1.54, 1.807) is 11.1 Å². The maximum Gasteiger partial charge on any atom is 0.0452 e. The number of thiophene rings is 4. The van der Waals surface area contributed by atoms with E-state index >= 15 is 0 Å². The van der Waals surface area contributed by atoms with E-state index in [-0.39, 0.29) is 10.8 Å². The van der Waals surface area contributed by atoms with Crippen LogP contribution in [0.15, 0.2) is 36.4 Å². The van der Waals surface area contributed by atoms with Crippen molar-refractivity contribution in [3.63, 3.8) is 0 Å². The van der Waals surface area contributed by atoms with E-state index in [4.69, 9.17) is 0 Å². The molecule has 0 bridgehead atoms. The van der Waals surface area contributed by atoms with Gasteiger partial charge in [0.1, 0.15) is 0 Å². The molecule has 0 saturated carbocycles. The maximum absolute atomic E-state index is 2.51. The Kier molecular flexibility index (Phi) is 4.71. The van der Waals surface area contributed by atoms with Crippen molar-refractivity contribution in [1.82, 2.24) is 0 Å². The lowest BCUT2D eigenvalue weighted by Crippen LogP contribution is -2.20. The first-order valence-corrected chi connectivity index (χ1v) is 15.9. The second-order valence-electron chi connectivity index (χ2n) is 11.5. The van der Waals surface area contributed by atoms with Gasteiger partial charge in [-0.05, 0) is 109 Å². The van der Waals surface area contributed by atoms with Gasteiger partial charge < -0.3 is 0 Å². The summed E-state index contributed by atoms with van der Waals surface area (Å²) in [4.78, 5) is 11.4. The van der Waals surface area contributed by atoms with Crippen molar-refractivity contribution in [2.45, 2.75) is 66.2 Å². The van der Waals surface area contributed by atoms with E-state index in [1.165, 1.54) is 72.4 Å². The number of rotatable bonds is 2. The highest BCUT2D eigenvalue weighted by molar-refractivity contribution is 7.27. The predicted molar refractivity (Wildman–Crippen MR) is 163 cm³/mol. The highest BCUT2D eigenvalue weighted by Gasteiger charge is 2.46. The molecular weight excluding hydrogens is 513 g/mol. The van der Waals surface area contributed by atoms with Gasteiger partial charge in [-0.25, -0.2) is 0 Å². The Hall–Kier alpha value is -1.98. The van der Waals surface area contributed by atoms with Crippen molar-refractivity contribution < 1.29 is 0 Å². The zero-order valence-corrected chi connectivity index (χ0v) is 25.4. The quantitative estimate of drug-likeness (QED) is 0.208. The topological polar surface area (TPSA) is 0 Å². The molecule has 5 aromatic rings. The zero-order chi connectivity index (χ0) is 25.3. The lowest BCUT2D eigenvalue weighted by molar-refractivity contribution is 0.646. The van der Waals surface area contributed by atoms with Crippen LogP contribution < -0.4 is 0 Å². The lowest BCUT2D eigenvalue weighted by atomic mass is 9.74. The maximum atomic E-state index is 2.51. The number of fused-ring (bicyclic) bond motifs is 6. The summed E-state index contributed by atoms with van der Waals surface area (Å²) >= 11 is 7.81. The summed E-state index contributed by atoms with van der Waals surface area (Å²) in [5.74, 6) is 0. The highest BCUT2D eigenvalue weighted by atomic mass is 32.1. The number of benzene rings is 1. The Morgan fingerprint density at radius 2 is 1.00 bits per heavy atom. The Balaban J connectivity index is 1.43. The molecule has 0 aliphatic heterocycles. The van der Waals surface area contributed by atoms with Gasteiger partial charge in [-0.1, -0.05) is 27.7 Å². The van der Waals surface area contributed by atoms with Crippen LogP contribution in [0.5, 0.6) is 0 Å². The van der Waals surface area contributed by atoms with Gasteiger partial charge in [0.05, 0.1) is 0 Å². The van der Waals surface area contributed by atoms with Crippen molar-refractivity contribution in [3.05, 3.63) is 79.5 Å². The fraction of sp³-hybridized carbons (Fsp3) is 0.312. The molecule has 0 fully saturated rings. The molecule has 2 aliphatic rings. The largest absolute Gasteiger partial charge is 0.140 e. The molecule has 4 heterocycles. The van der Waals surface area contributed by atoms with E-state index in [9.17, 15) is 0 Å². The first kappa shape index (κ1) is 23.2. The summed E-state index contributed by atoms with van der Waals surface area (Å²) in [6.45, 7) is 19.0. The SMILES string of the molecule is Cc1ccc(-c2ccc(-c3cc4c(s3)-c3c(C)c5c(c(C)c3C4(C)C)-c3sc(C)cc3C5(C)C)s2)s1. The van der Waals surface area contributed by atoms with E-state index in [0.717, 1.165) is 0 Å². The lowest BCUT2D eigenvalue weighted by Gasteiger charge is -2.29. The van der Waals surface area contributed by atoms with Crippen LogP contribution in [-0.4, -0.2) is 0 Å². The smallest absolute Gasteiger partial charge is 0.0452 e. The molecule has 4 aromatic heterocycles. The van der Waals surface area contributed by atoms with Gasteiger partial charge in [0.15, 0.2) is 0 Å². The third kappa shape index (κ3) is 2.85. The van der Waals surface area contributed by atoms with Gasteiger partial charge >= 0.3 is 0 Å². The molecule has 2 aliphatic carbocycles. The first-order valence-electron chi connectivity index (χ1n) is 12.6. The van der Waals surface area contributed by atoms with Crippen LogP contribution in [-0.2, 0) is 10.8 Å². The summed E-state index contributed by atoms with van der Waals surface area (Å²) in [5, 5.41) is 0. The van der Waals surface area contributed by atoms with E-state index < -0.39 is 0 Å². The standard InChI is InChI=1S/C32H30S4/c1-15-9-10-21(33-15)22-11-12-23(35-22)24-14-20-30(36-24)26-18(4)27-25(17(3)28(26)32(20,7)8)29-19(31(27,5)6)13-16(2)34-29/h9-14H,1-8H3. The molecule has 1 aromatic carbocycles. The van der Waals surface area contributed by atoms with Crippen LogP contribution in [0.4, 0.5) is 0 Å². The number of aryl methyl sites for hydroxylation is 2. The zero-order valence-electron chi connectivity index (χ0n) is 22.1. The van der Waals surface area contributed by atoms with Crippen LogP contribution in [0.25, 0.3) is 40.4 Å². The first-order chi connectivity index (χ1) is 17.0. The van der Waals surface area contributed by atoms with Crippen molar-refractivity contribution in [2.75, 3.05) is 0 Å². The molecule has 4 heteroatoms. The Labute approximate surface area is 230 Å². The number of hydrogen-bond donors (Lipinski definition) is 0. The molecule has 0 radical (unpaired) electrons. The predicted octanol–water partition coefficient (Wildman–Crippen LogP) is 11.1. The highest BCUT2D eigenvalue weighted by Crippen LogP contribution is 2.63. The second kappa shape index (κ2) is 7.32. The molecule has 0 amide bonds. The van der Waals surface area contributed by atoms with Gasteiger partial charge in [0.25, 0.3) is 0 Å². The fourth-order valence-corrected chi connectivity index (χ4v) is 11.6. The Bertz CT molecular complexity index is 1720. The summed E-state index contributed by atoms with van der Waals surface area (Å²) in [5.41, 5.74) is 12.3. The Morgan fingerprint density at radius 1 is 0.500 bits per heavy atom. The van der Waals surface area contributed by atoms with Crippen LogP contribution in [0, 0.1) is 27.7 Å². The molecule has 0 spiro atoms. The molecule has 0 atom stereocenters. The van der Waals surface area contributed by atoms with Gasteiger partial charge in [-0.15, -0.1) is 45.3 Å². The minimum Gasteiger partial charge on any atom is -0.140 e. The average Bonchev–Trinajstić information content (AvgIpc) is 3.60. The molecule has 7 rings (SSSR count). The van der Waals surface area contributed by atoms with Crippen LogP contribution in [0.2, 0.25) is 0 Å². The van der Waals surface area contributed by atoms with Crippen molar-refractivity contribution in [3.8, 4) is 40.4 Å². The van der Waals surface area contributed by atoms with Crippen LogP contribution in [0.1, 0.15) is 70.8 Å². The van der Waals surface area contributed by atoms with Crippen molar-refractivity contribution in [2.24, 2.45) is 0 Å². The molecule has 0 N–H and O–H groups in total. The summed E-state index contributed by atoms with van der Waals surface area (Å²) < 4.78 is 0. The summed E-state index contributed by atoms with van der Waals surface area (Å²) in [6, 6.07) is 14.1. The third-order valence-electron chi connectivity index (χ3n) is 8.47. The minimum atomic E-state index is 0.00738. The summed E-state index contributed by atoms with van der Waals surface area (Å²) in [7, 11) is 0. The fourth-order valence-electron chi connectivity index (χ4n) is 6.90. The minimum absolute atomic E-state index is 0.00738. The van der Waals surface area contributed by atoms with Crippen LogP contribution >= 0.6 is 45.3 Å². The van der Waals surface area contributed by atoms with Crippen molar-refractivity contribution in [1.29, 1.82) is 0 Å². The molecule has 182 valence electrons.